The quantitative estimate of drug-likeness (QED) is 0.940. The van der Waals surface area contributed by atoms with Crippen LogP contribution in [0.15, 0.2) is 41.3 Å². The van der Waals surface area contributed by atoms with E-state index in [0.717, 1.165) is 17.1 Å². The molecular weight excluding hydrogens is 264 g/mol. The van der Waals surface area contributed by atoms with E-state index in [1.807, 2.05) is 62.7 Å². The number of benzene rings is 1. The van der Waals surface area contributed by atoms with Crippen molar-refractivity contribution < 1.29 is 4.74 Å². The smallest absolute Gasteiger partial charge is 0.186 e. The minimum atomic E-state index is -0.669. The summed E-state index contributed by atoms with van der Waals surface area (Å²) in [6.07, 6.45) is 1.83. The van der Waals surface area contributed by atoms with Gasteiger partial charge in [0.1, 0.15) is 5.75 Å². The summed E-state index contributed by atoms with van der Waals surface area (Å²) >= 11 is 0. The normalized spacial score (nSPS) is 11.5. The Morgan fingerprint density at radius 2 is 1.86 bits per heavy atom. The number of hydrogen-bond donors (Lipinski definition) is 1. The summed E-state index contributed by atoms with van der Waals surface area (Å²) in [5.74, 6) is 0.833. The third-order valence-electron chi connectivity index (χ3n) is 3.36. The molecule has 0 fully saturated rings. The highest BCUT2D eigenvalue weighted by Gasteiger charge is 2.19. The van der Waals surface area contributed by atoms with Crippen molar-refractivity contribution in [2.75, 3.05) is 6.61 Å². The summed E-state index contributed by atoms with van der Waals surface area (Å²) in [5, 5.41) is 0. The van der Waals surface area contributed by atoms with Crippen molar-refractivity contribution in [3.63, 3.8) is 0 Å². The van der Waals surface area contributed by atoms with Gasteiger partial charge in [0.25, 0.3) is 0 Å². The minimum absolute atomic E-state index is 0.0258. The van der Waals surface area contributed by atoms with Crippen molar-refractivity contribution >= 4 is 0 Å². The molecule has 4 nitrogen and oxygen atoms in total. The van der Waals surface area contributed by atoms with Crippen LogP contribution in [0.2, 0.25) is 0 Å². The van der Waals surface area contributed by atoms with Gasteiger partial charge >= 0.3 is 0 Å². The topological polar surface area (TPSA) is 57.2 Å². The number of ether oxygens (including phenoxy) is 1. The van der Waals surface area contributed by atoms with E-state index in [1.165, 1.54) is 0 Å². The minimum Gasteiger partial charge on any atom is -0.494 e. The Hall–Kier alpha value is -2.07. The molecule has 2 N–H and O–H groups in total. The summed E-state index contributed by atoms with van der Waals surface area (Å²) < 4.78 is 7.42. The fourth-order valence-corrected chi connectivity index (χ4v) is 2.26. The van der Waals surface area contributed by atoms with Gasteiger partial charge < -0.3 is 15.0 Å². The zero-order chi connectivity index (χ0) is 15.6. The fraction of sp³-hybridized carbons (Fsp3) is 0.353. The molecule has 0 saturated carbocycles. The van der Waals surface area contributed by atoms with Gasteiger partial charge in [0.15, 0.2) is 5.43 Å². The average Bonchev–Trinajstić information content (AvgIpc) is 2.39. The molecule has 0 saturated heterocycles. The van der Waals surface area contributed by atoms with Crippen LogP contribution in [-0.4, -0.2) is 11.2 Å². The molecule has 2 aromatic rings. The fourth-order valence-electron chi connectivity index (χ4n) is 2.26. The van der Waals surface area contributed by atoms with Gasteiger partial charge in [-0.25, -0.2) is 0 Å². The van der Waals surface area contributed by atoms with E-state index >= 15 is 0 Å². The SMILES string of the molecule is CCOc1ccc(-n2cc(C(C)(C)N)c(=O)cc2C)cc1. The van der Waals surface area contributed by atoms with E-state index in [4.69, 9.17) is 10.5 Å². The third-order valence-corrected chi connectivity index (χ3v) is 3.36. The predicted molar refractivity (Wildman–Crippen MR) is 85.2 cm³/mol. The zero-order valence-corrected chi connectivity index (χ0v) is 13.0. The van der Waals surface area contributed by atoms with Crippen molar-refractivity contribution in [1.82, 2.24) is 4.57 Å². The Labute approximate surface area is 125 Å². The molecule has 0 aliphatic heterocycles. The van der Waals surface area contributed by atoms with E-state index in [0.29, 0.717) is 12.2 Å². The summed E-state index contributed by atoms with van der Waals surface area (Å²) in [7, 11) is 0. The van der Waals surface area contributed by atoms with Crippen LogP contribution < -0.4 is 15.9 Å². The van der Waals surface area contributed by atoms with Gasteiger partial charge in [-0.1, -0.05) is 0 Å². The summed E-state index contributed by atoms with van der Waals surface area (Å²) in [4.78, 5) is 12.1. The monoisotopic (exact) mass is 286 g/mol. The lowest BCUT2D eigenvalue weighted by Crippen LogP contribution is -2.35. The van der Waals surface area contributed by atoms with Crippen LogP contribution in [0.1, 0.15) is 32.0 Å². The number of rotatable bonds is 4. The lowest BCUT2D eigenvalue weighted by molar-refractivity contribution is 0.340. The second-order valence-corrected chi connectivity index (χ2v) is 5.71. The van der Waals surface area contributed by atoms with Gasteiger partial charge in [-0.15, -0.1) is 0 Å². The molecule has 0 aliphatic carbocycles. The standard InChI is InChI=1S/C17H22N2O2/c1-5-21-14-8-6-13(7-9-14)19-11-15(17(3,4)18)16(20)10-12(19)2/h6-11H,5,18H2,1-4H3. The van der Waals surface area contributed by atoms with Crippen LogP contribution in [-0.2, 0) is 5.54 Å². The van der Waals surface area contributed by atoms with Crippen molar-refractivity contribution in [3.05, 3.63) is 58.0 Å². The maximum atomic E-state index is 12.1. The molecule has 0 radical (unpaired) electrons. The van der Waals surface area contributed by atoms with Gasteiger partial charge in [-0.3, -0.25) is 4.79 Å². The van der Waals surface area contributed by atoms with Crippen LogP contribution in [0, 0.1) is 6.92 Å². The first kappa shape index (κ1) is 15.3. The van der Waals surface area contributed by atoms with Gasteiger partial charge in [-0.2, -0.15) is 0 Å². The van der Waals surface area contributed by atoms with Crippen molar-refractivity contribution in [1.29, 1.82) is 0 Å². The molecule has 112 valence electrons. The highest BCUT2D eigenvalue weighted by Crippen LogP contribution is 2.19. The molecule has 0 bridgehead atoms. The second kappa shape index (κ2) is 5.74. The molecule has 1 heterocycles. The van der Waals surface area contributed by atoms with E-state index in [1.54, 1.807) is 6.07 Å². The van der Waals surface area contributed by atoms with E-state index in [-0.39, 0.29) is 5.43 Å². The third kappa shape index (κ3) is 3.34. The molecule has 0 spiro atoms. The molecule has 4 heteroatoms. The number of aromatic nitrogens is 1. The lowest BCUT2D eigenvalue weighted by atomic mass is 9.96. The summed E-state index contributed by atoms with van der Waals surface area (Å²) in [6.45, 7) is 8.17. The summed E-state index contributed by atoms with van der Waals surface area (Å²) in [6, 6.07) is 9.40. The van der Waals surface area contributed by atoms with Crippen LogP contribution in [0.4, 0.5) is 0 Å². The lowest BCUT2D eigenvalue weighted by Gasteiger charge is -2.21. The number of aryl methyl sites for hydroxylation is 1. The molecule has 1 aromatic carbocycles. The Morgan fingerprint density at radius 3 is 2.38 bits per heavy atom. The van der Waals surface area contributed by atoms with Crippen LogP contribution in [0.3, 0.4) is 0 Å². The Balaban J connectivity index is 2.51. The van der Waals surface area contributed by atoms with Gasteiger partial charge in [-0.05, 0) is 52.0 Å². The van der Waals surface area contributed by atoms with Gasteiger partial charge in [0.2, 0.25) is 0 Å². The molecule has 0 atom stereocenters. The largest absolute Gasteiger partial charge is 0.494 e. The number of nitrogens with two attached hydrogens (primary N) is 1. The Morgan fingerprint density at radius 1 is 1.24 bits per heavy atom. The summed E-state index contributed by atoms with van der Waals surface area (Å²) in [5.41, 5.74) is 7.84. The molecule has 2 rings (SSSR count). The van der Waals surface area contributed by atoms with Crippen LogP contribution in [0.25, 0.3) is 5.69 Å². The molecular formula is C17H22N2O2. The van der Waals surface area contributed by atoms with E-state index in [2.05, 4.69) is 0 Å². The van der Waals surface area contributed by atoms with Crippen molar-refractivity contribution in [3.8, 4) is 11.4 Å². The van der Waals surface area contributed by atoms with Crippen LogP contribution in [0.5, 0.6) is 5.75 Å². The molecule has 1 aromatic heterocycles. The first-order valence-electron chi connectivity index (χ1n) is 7.09. The molecule has 0 unspecified atom stereocenters. The molecule has 0 aliphatic rings. The molecule has 0 amide bonds. The van der Waals surface area contributed by atoms with Gasteiger partial charge in [0.05, 0.1) is 6.61 Å². The maximum absolute atomic E-state index is 12.1. The first-order chi connectivity index (χ1) is 9.82. The zero-order valence-electron chi connectivity index (χ0n) is 13.0. The van der Waals surface area contributed by atoms with E-state index < -0.39 is 5.54 Å². The predicted octanol–water partition coefficient (Wildman–Crippen LogP) is 2.74. The first-order valence-corrected chi connectivity index (χ1v) is 7.09. The highest BCUT2D eigenvalue weighted by atomic mass is 16.5. The number of nitrogens with zero attached hydrogens (tertiary/aromatic N) is 1. The number of hydrogen-bond acceptors (Lipinski definition) is 3. The highest BCUT2D eigenvalue weighted by molar-refractivity contribution is 5.40. The average molecular weight is 286 g/mol. The van der Waals surface area contributed by atoms with Crippen molar-refractivity contribution in [2.45, 2.75) is 33.2 Å². The number of pyridine rings is 1. The van der Waals surface area contributed by atoms with E-state index in [9.17, 15) is 4.79 Å². The second-order valence-electron chi connectivity index (χ2n) is 5.71. The molecule has 21 heavy (non-hydrogen) atoms. The van der Waals surface area contributed by atoms with Crippen LogP contribution >= 0.6 is 0 Å². The maximum Gasteiger partial charge on any atom is 0.186 e. The Bertz CT molecular complexity index is 679. The van der Waals surface area contributed by atoms with Crippen molar-refractivity contribution in [2.24, 2.45) is 5.73 Å². The van der Waals surface area contributed by atoms with Gasteiger partial charge in [0, 0.05) is 34.7 Å². The Kier molecular flexibility index (Phi) is 4.19.